The van der Waals surface area contributed by atoms with Crippen molar-refractivity contribution in [3.05, 3.63) is 0 Å². The zero-order valence-electron chi connectivity index (χ0n) is 6.77. The monoisotopic (exact) mass is 170 g/mol. The van der Waals surface area contributed by atoms with E-state index in [9.17, 15) is 4.79 Å². The van der Waals surface area contributed by atoms with Gasteiger partial charge in [-0.1, -0.05) is 0 Å². The summed E-state index contributed by atoms with van der Waals surface area (Å²) in [6, 6.07) is 0. The average molecular weight is 170 g/mol. The Labute approximate surface area is 71.9 Å². The van der Waals surface area contributed by atoms with Crippen molar-refractivity contribution in [1.29, 1.82) is 0 Å². The Morgan fingerprint density at radius 3 is 2.45 bits per heavy atom. The molecule has 0 radical (unpaired) electrons. The van der Waals surface area contributed by atoms with Gasteiger partial charge < -0.3 is 0 Å². The van der Waals surface area contributed by atoms with Gasteiger partial charge in [-0.15, -0.1) is 0 Å². The Bertz CT molecular complexity index is 170. The molecule has 0 bridgehead atoms. The first kappa shape index (κ1) is 7.66. The summed E-state index contributed by atoms with van der Waals surface area (Å²) in [5, 5.41) is 0. The van der Waals surface area contributed by atoms with Crippen LogP contribution in [0.15, 0.2) is 0 Å². The summed E-state index contributed by atoms with van der Waals surface area (Å²) in [5.41, 5.74) is 0.172. The summed E-state index contributed by atoms with van der Waals surface area (Å²) in [7, 11) is 0. The van der Waals surface area contributed by atoms with Gasteiger partial charge in [0.1, 0.15) is 5.78 Å². The second-order valence-corrected chi connectivity index (χ2v) is 4.89. The molecule has 0 aromatic rings. The lowest BCUT2D eigenvalue weighted by molar-refractivity contribution is -0.126. The van der Waals surface area contributed by atoms with Gasteiger partial charge in [0.05, 0.1) is 0 Å². The second-order valence-electron chi connectivity index (χ2n) is 3.67. The molecule has 1 nitrogen and oxygen atoms in total. The molecule has 2 heteroatoms. The van der Waals surface area contributed by atoms with Crippen LogP contribution in [0.4, 0.5) is 0 Å². The predicted molar refractivity (Wildman–Crippen MR) is 47.9 cm³/mol. The number of rotatable bonds is 0. The molecule has 2 fully saturated rings. The van der Waals surface area contributed by atoms with Gasteiger partial charge in [0.25, 0.3) is 0 Å². The summed E-state index contributed by atoms with van der Waals surface area (Å²) in [4.78, 5) is 11.5. The van der Waals surface area contributed by atoms with E-state index in [1.807, 2.05) is 11.8 Å². The van der Waals surface area contributed by atoms with Gasteiger partial charge >= 0.3 is 0 Å². The highest BCUT2D eigenvalue weighted by Crippen LogP contribution is 2.45. The van der Waals surface area contributed by atoms with Gasteiger partial charge in [-0.3, -0.25) is 4.79 Å². The summed E-state index contributed by atoms with van der Waals surface area (Å²) in [6.07, 6.45) is 5.54. The minimum atomic E-state index is 0.172. The fourth-order valence-corrected chi connectivity index (χ4v) is 3.56. The van der Waals surface area contributed by atoms with Crippen LogP contribution in [0.3, 0.4) is 0 Å². The zero-order chi connectivity index (χ0) is 7.73. The molecule has 0 aromatic carbocycles. The highest BCUT2D eigenvalue weighted by Gasteiger charge is 2.42. The van der Waals surface area contributed by atoms with Crippen LogP contribution in [0.2, 0.25) is 0 Å². The standard InChI is InChI=1S/C9H14OS/c10-8-2-1-3-9(8)4-6-11-7-5-9/h1-7H2. The van der Waals surface area contributed by atoms with Crippen molar-refractivity contribution in [2.24, 2.45) is 5.41 Å². The molecule has 1 aliphatic carbocycles. The third kappa shape index (κ3) is 1.22. The number of carbonyl (C=O) groups is 1. The summed E-state index contributed by atoms with van der Waals surface area (Å²) < 4.78 is 0. The highest BCUT2D eigenvalue weighted by atomic mass is 32.2. The van der Waals surface area contributed by atoms with E-state index in [0.717, 1.165) is 25.7 Å². The fourth-order valence-electron chi connectivity index (χ4n) is 2.28. The maximum atomic E-state index is 11.5. The van der Waals surface area contributed by atoms with Gasteiger partial charge in [-0.05, 0) is 37.2 Å². The van der Waals surface area contributed by atoms with Crippen molar-refractivity contribution < 1.29 is 4.79 Å². The van der Waals surface area contributed by atoms with E-state index in [-0.39, 0.29) is 5.41 Å². The first-order valence-electron chi connectivity index (χ1n) is 4.45. The Kier molecular flexibility index (Phi) is 1.96. The van der Waals surface area contributed by atoms with E-state index in [0.29, 0.717) is 5.78 Å². The SMILES string of the molecule is O=C1CCCC12CCSCC2. The predicted octanol–water partition coefficient (Wildman–Crippen LogP) is 2.25. The minimum Gasteiger partial charge on any atom is -0.299 e. The molecule has 1 spiro atoms. The third-order valence-electron chi connectivity index (χ3n) is 3.10. The number of hydrogen-bond acceptors (Lipinski definition) is 2. The van der Waals surface area contributed by atoms with E-state index in [4.69, 9.17) is 0 Å². The molecule has 0 aromatic heterocycles. The average Bonchev–Trinajstić information content (AvgIpc) is 2.36. The quantitative estimate of drug-likeness (QED) is 0.554. The van der Waals surface area contributed by atoms with Crippen LogP contribution in [0.25, 0.3) is 0 Å². The van der Waals surface area contributed by atoms with Crippen LogP contribution in [0.5, 0.6) is 0 Å². The largest absolute Gasteiger partial charge is 0.299 e. The molecule has 1 saturated heterocycles. The molecule has 0 amide bonds. The molecular weight excluding hydrogens is 156 g/mol. The van der Waals surface area contributed by atoms with Crippen LogP contribution < -0.4 is 0 Å². The smallest absolute Gasteiger partial charge is 0.139 e. The van der Waals surface area contributed by atoms with Gasteiger partial charge in [-0.2, -0.15) is 11.8 Å². The first-order chi connectivity index (χ1) is 5.33. The van der Waals surface area contributed by atoms with Gasteiger partial charge in [0, 0.05) is 11.8 Å². The van der Waals surface area contributed by atoms with Crippen LogP contribution in [0.1, 0.15) is 32.1 Å². The number of Topliss-reactive ketones (excluding diaryl/α,β-unsaturated/α-hetero) is 1. The lowest BCUT2D eigenvalue weighted by atomic mass is 9.80. The highest BCUT2D eigenvalue weighted by molar-refractivity contribution is 7.99. The second kappa shape index (κ2) is 2.81. The summed E-state index contributed by atoms with van der Waals surface area (Å²) in [6.45, 7) is 0. The maximum Gasteiger partial charge on any atom is 0.139 e. The molecule has 1 aliphatic heterocycles. The normalized spacial score (nSPS) is 29.6. The Morgan fingerprint density at radius 2 is 1.91 bits per heavy atom. The van der Waals surface area contributed by atoms with Crippen molar-refractivity contribution >= 4 is 17.5 Å². The van der Waals surface area contributed by atoms with Crippen LogP contribution in [0, 0.1) is 5.41 Å². The van der Waals surface area contributed by atoms with Crippen molar-refractivity contribution in [2.75, 3.05) is 11.5 Å². The molecule has 0 unspecified atom stereocenters. The number of hydrogen-bond donors (Lipinski definition) is 0. The minimum absolute atomic E-state index is 0.172. The molecule has 2 aliphatic rings. The number of carbonyl (C=O) groups excluding carboxylic acids is 1. The molecule has 2 rings (SSSR count). The molecule has 1 saturated carbocycles. The van der Waals surface area contributed by atoms with Crippen molar-refractivity contribution in [1.82, 2.24) is 0 Å². The van der Waals surface area contributed by atoms with Gasteiger partial charge in [0.15, 0.2) is 0 Å². The zero-order valence-corrected chi connectivity index (χ0v) is 7.58. The molecular formula is C9H14OS. The van der Waals surface area contributed by atoms with Crippen molar-refractivity contribution in [3.63, 3.8) is 0 Å². The Balaban J connectivity index is 2.12. The molecule has 62 valence electrons. The topological polar surface area (TPSA) is 17.1 Å². The van der Waals surface area contributed by atoms with Gasteiger partial charge in [0.2, 0.25) is 0 Å². The van der Waals surface area contributed by atoms with Crippen LogP contribution in [-0.2, 0) is 4.79 Å². The van der Waals surface area contributed by atoms with E-state index < -0.39 is 0 Å². The number of ketones is 1. The van der Waals surface area contributed by atoms with Crippen LogP contribution >= 0.6 is 11.8 Å². The number of thioether (sulfide) groups is 1. The lowest BCUT2D eigenvalue weighted by Gasteiger charge is -2.30. The Morgan fingerprint density at radius 1 is 1.18 bits per heavy atom. The maximum absolute atomic E-state index is 11.5. The van der Waals surface area contributed by atoms with Crippen LogP contribution in [-0.4, -0.2) is 17.3 Å². The fraction of sp³-hybridized carbons (Fsp3) is 0.889. The van der Waals surface area contributed by atoms with E-state index in [1.54, 1.807) is 0 Å². The molecule has 1 heterocycles. The lowest BCUT2D eigenvalue weighted by Crippen LogP contribution is -2.30. The van der Waals surface area contributed by atoms with Gasteiger partial charge in [-0.25, -0.2) is 0 Å². The summed E-state index contributed by atoms with van der Waals surface area (Å²) in [5.74, 6) is 3.00. The summed E-state index contributed by atoms with van der Waals surface area (Å²) >= 11 is 2.01. The molecule has 0 N–H and O–H groups in total. The molecule has 0 atom stereocenters. The third-order valence-corrected chi connectivity index (χ3v) is 4.09. The Hall–Kier alpha value is 0.0200. The van der Waals surface area contributed by atoms with E-state index in [1.165, 1.54) is 17.9 Å². The van der Waals surface area contributed by atoms with Crippen molar-refractivity contribution in [3.8, 4) is 0 Å². The molecule has 11 heavy (non-hydrogen) atoms. The van der Waals surface area contributed by atoms with Crippen molar-refractivity contribution in [2.45, 2.75) is 32.1 Å². The first-order valence-corrected chi connectivity index (χ1v) is 5.60. The van der Waals surface area contributed by atoms with E-state index in [2.05, 4.69) is 0 Å². The van der Waals surface area contributed by atoms with E-state index >= 15 is 0 Å².